The van der Waals surface area contributed by atoms with Crippen LogP contribution < -0.4 is 10.6 Å². The number of morpholine rings is 1. The molecule has 25 heavy (non-hydrogen) atoms. The van der Waals surface area contributed by atoms with Crippen molar-refractivity contribution in [2.75, 3.05) is 39.4 Å². The van der Waals surface area contributed by atoms with Gasteiger partial charge in [-0.05, 0) is 31.5 Å². The van der Waals surface area contributed by atoms with E-state index in [1.807, 2.05) is 6.07 Å². The topological polar surface area (TPSA) is 53.6 Å². The first-order chi connectivity index (χ1) is 11.3. The van der Waals surface area contributed by atoms with Crippen LogP contribution in [0.2, 0.25) is 0 Å². The standard InChI is InChI=1S/C18H27N3O2.2ClH/c22-18(12-16-14-23-11-8-19-16)20-13-17(21-9-4-5-10-21)15-6-2-1-3-7-15;;/h1-3,6-7,16-17,19H,4-5,8-14H2,(H,20,22);2*1H. The fourth-order valence-electron chi connectivity index (χ4n) is 3.44. The highest BCUT2D eigenvalue weighted by atomic mass is 35.5. The number of ether oxygens (including phenoxy) is 1. The Labute approximate surface area is 162 Å². The lowest BCUT2D eigenvalue weighted by Crippen LogP contribution is -2.45. The average molecular weight is 390 g/mol. The molecule has 2 aliphatic rings. The van der Waals surface area contributed by atoms with Crippen molar-refractivity contribution >= 4 is 30.7 Å². The Hall–Kier alpha value is -0.850. The van der Waals surface area contributed by atoms with Gasteiger partial charge in [0.2, 0.25) is 5.91 Å². The van der Waals surface area contributed by atoms with E-state index >= 15 is 0 Å². The van der Waals surface area contributed by atoms with E-state index in [4.69, 9.17) is 4.74 Å². The number of amides is 1. The van der Waals surface area contributed by atoms with Gasteiger partial charge in [-0.2, -0.15) is 0 Å². The van der Waals surface area contributed by atoms with Crippen LogP contribution in [0.25, 0.3) is 0 Å². The van der Waals surface area contributed by atoms with Gasteiger partial charge in [-0.15, -0.1) is 24.8 Å². The molecule has 0 spiro atoms. The lowest BCUT2D eigenvalue weighted by atomic mass is 10.1. The molecular weight excluding hydrogens is 361 g/mol. The number of rotatable bonds is 6. The highest BCUT2D eigenvalue weighted by Gasteiger charge is 2.24. The first kappa shape index (κ1) is 22.2. The summed E-state index contributed by atoms with van der Waals surface area (Å²) in [4.78, 5) is 14.7. The second-order valence-corrected chi connectivity index (χ2v) is 6.40. The fraction of sp³-hybridized carbons (Fsp3) is 0.611. The summed E-state index contributed by atoms with van der Waals surface area (Å²) < 4.78 is 5.41. The average Bonchev–Trinajstić information content (AvgIpc) is 3.11. The highest BCUT2D eigenvalue weighted by Crippen LogP contribution is 2.24. The third-order valence-corrected chi connectivity index (χ3v) is 4.69. The van der Waals surface area contributed by atoms with Crippen LogP contribution in [0.4, 0.5) is 0 Å². The molecule has 2 unspecified atom stereocenters. The minimum absolute atomic E-state index is 0. The van der Waals surface area contributed by atoms with Gasteiger partial charge in [0.05, 0.1) is 19.3 Å². The van der Waals surface area contributed by atoms with Crippen molar-refractivity contribution in [3.8, 4) is 0 Å². The van der Waals surface area contributed by atoms with E-state index in [9.17, 15) is 4.79 Å². The summed E-state index contributed by atoms with van der Waals surface area (Å²) in [5, 5.41) is 6.46. The maximum Gasteiger partial charge on any atom is 0.221 e. The van der Waals surface area contributed by atoms with E-state index in [1.165, 1.54) is 18.4 Å². The summed E-state index contributed by atoms with van der Waals surface area (Å²) in [5.41, 5.74) is 1.29. The number of likely N-dealkylation sites (tertiary alicyclic amines) is 1. The van der Waals surface area contributed by atoms with E-state index in [0.717, 1.165) is 26.2 Å². The first-order valence-electron chi connectivity index (χ1n) is 8.70. The summed E-state index contributed by atoms with van der Waals surface area (Å²) in [6, 6.07) is 10.9. The molecule has 142 valence electrons. The molecule has 7 heteroatoms. The third kappa shape index (κ3) is 6.76. The minimum atomic E-state index is 0. The molecule has 2 heterocycles. The lowest BCUT2D eigenvalue weighted by molar-refractivity contribution is -0.122. The van der Waals surface area contributed by atoms with Crippen LogP contribution in [0.3, 0.4) is 0 Å². The largest absolute Gasteiger partial charge is 0.378 e. The van der Waals surface area contributed by atoms with Gasteiger partial charge in [0.15, 0.2) is 0 Å². The molecular formula is C18H29Cl2N3O2. The quantitative estimate of drug-likeness (QED) is 0.782. The van der Waals surface area contributed by atoms with Crippen molar-refractivity contribution < 1.29 is 9.53 Å². The van der Waals surface area contributed by atoms with Crippen molar-refractivity contribution in [2.45, 2.75) is 31.3 Å². The zero-order valence-electron chi connectivity index (χ0n) is 14.5. The summed E-state index contributed by atoms with van der Waals surface area (Å²) in [7, 11) is 0. The van der Waals surface area contributed by atoms with Gasteiger partial charge in [-0.1, -0.05) is 30.3 Å². The molecule has 1 amide bonds. The number of nitrogens with one attached hydrogen (secondary N) is 2. The molecule has 1 aromatic rings. The van der Waals surface area contributed by atoms with Crippen LogP contribution in [0.15, 0.2) is 30.3 Å². The Bertz CT molecular complexity index is 492. The Morgan fingerprint density at radius 1 is 1.24 bits per heavy atom. The van der Waals surface area contributed by atoms with E-state index in [0.29, 0.717) is 19.6 Å². The molecule has 0 radical (unpaired) electrons. The Balaban J connectivity index is 0.00000156. The molecule has 2 atom stereocenters. The van der Waals surface area contributed by atoms with Crippen LogP contribution in [0.5, 0.6) is 0 Å². The van der Waals surface area contributed by atoms with E-state index in [1.54, 1.807) is 0 Å². The molecule has 1 aromatic carbocycles. The van der Waals surface area contributed by atoms with Gasteiger partial charge in [-0.3, -0.25) is 9.69 Å². The number of hydrogen-bond donors (Lipinski definition) is 2. The molecule has 0 aliphatic carbocycles. The monoisotopic (exact) mass is 389 g/mol. The van der Waals surface area contributed by atoms with Gasteiger partial charge < -0.3 is 15.4 Å². The maximum atomic E-state index is 12.2. The van der Waals surface area contributed by atoms with Gasteiger partial charge in [0.1, 0.15) is 0 Å². The third-order valence-electron chi connectivity index (χ3n) is 4.69. The SMILES string of the molecule is Cl.Cl.O=C(CC1COCCN1)NCC(c1ccccc1)N1CCCC1. The smallest absolute Gasteiger partial charge is 0.221 e. The van der Waals surface area contributed by atoms with Crippen LogP contribution in [-0.2, 0) is 9.53 Å². The van der Waals surface area contributed by atoms with E-state index in [-0.39, 0.29) is 42.8 Å². The fourth-order valence-corrected chi connectivity index (χ4v) is 3.44. The van der Waals surface area contributed by atoms with Gasteiger partial charge in [0, 0.05) is 25.6 Å². The van der Waals surface area contributed by atoms with Crippen molar-refractivity contribution in [2.24, 2.45) is 0 Å². The summed E-state index contributed by atoms with van der Waals surface area (Å²) in [6.07, 6.45) is 2.99. The number of nitrogens with zero attached hydrogens (tertiary/aromatic N) is 1. The van der Waals surface area contributed by atoms with Gasteiger partial charge in [0.25, 0.3) is 0 Å². The summed E-state index contributed by atoms with van der Waals surface area (Å²) in [5.74, 6) is 0.105. The summed E-state index contributed by atoms with van der Waals surface area (Å²) in [6.45, 7) is 5.11. The second-order valence-electron chi connectivity index (χ2n) is 6.40. The Kier molecular flexibility index (Phi) is 10.4. The number of benzene rings is 1. The predicted molar refractivity (Wildman–Crippen MR) is 105 cm³/mol. The van der Waals surface area contributed by atoms with Crippen LogP contribution in [0.1, 0.15) is 30.9 Å². The number of halogens is 2. The lowest BCUT2D eigenvalue weighted by Gasteiger charge is -2.29. The van der Waals surface area contributed by atoms with Crippen LogP contribution in [0, 0.1) is 0 Å². The van der Waals surface area contributed by atoms with Crippen molar-refractivity contribution in [3.05, 3.63) is 35.9 Å². The van der Waals surface area contributed by atoms with Crippen LogP contribution >= 0.6 is 24.8 Å². The second kappa shape index (κ2) is 11.7. The Morgan fingerprint density at radius 3 is 2.60 bits per heavy atom. The molecule has 2 aliphatic heterocycles. The normalized spacial score (nSPS) is 21.7. The number of carbonyl (C=O) groups excluding carboxylic acids is 1. The van der Waals surface area contributed by atoms with E-state index < -0.39 is 0 Å². The zero-order valence-corrected chi connectivity index (χ0v) is 16.1. The predicted octanol–water partition coefficient (Wildman–Crippen LogP) is 2.16. The number of carbonyl (C=O) groups is 1. The molecule has 0 aromatic heterocycles. The zero-order chi connectivity index (χ0) is 15.9. The molecule has 0 bridgehead atoms. The van der Waals surface area contributed by atoms with Gasteiger partial charge in [-0.25, -0.2) is 0 Å². The van der Waals surface area contributed by atoms with Gasteiger partial charge >= 0.3 is 0 Å². The Morgan fingerprint density at radius 2 is 1.96 bits per heavy atom. The molecule has 5 nitrogen and oxygen atoms in total. The van der Waals surface area contributed by atoms with Crippen molar-refractivity contribution in [3.63, 3.8) is 0 Å². The molecule has 0 saturated carbocycles. The first-order valence-corrected chi connectivity index (χ1v) is 8.70. The highest BCUT2D eigenvalue weighted by molar-refractivity contribution is 5.85. The molecule has 2 fully saturated rings. The molecule has 2 N–H and O–H groups in total. The summed E-state index contributed by atoms with van der Waals surface area (Å²) >= 11 is 0. The maximum absolute atomic E-state index is 12.2. The molecule has 2 saturated heterocycles. The van der Waals surface area contributed by atoms with Crippen molar-refractivity contribution in [1.29, 1.82) is 0 Å². The van der Waals surface area contributed by atoms with Crippen molar-refractivity contribution in [1.82, 2.24) is 15.5 Å². The van der Waals surface area contributed by atoms with Crippen LogP contribution in [-0.4, -0.2) is 56.2 Å². The molecule has 3 rings (SSSR count). The minimum Gasteiger partial charge on any atom is -0.378 e. The number of hydrogen-bond acceptors (Lipinski definition) is 4. The van der Waals surface area contributed by atoms with E-state index in [2.05, 4.69) is 39.8 Å².